The molecule has 0 radical (unpaired) electrons. The number of hydrogen-bond acceptors (Lipinski definition) is 6. The summed E-state index contributed by atoms with van der Waals surface area (Å²) in [6.45, 7) is 10.9. The lowest BCUT2D eigenvalue weighted by molar-refractivity contribution is 0.0185. The van der Waals surface area contributed by atoms with Gasteiger partial charge in [0.25, 0.3) is 0 Å². The highest BCUT2D eigenvalue weighted by molar-refractivity contribution is 5.76. The van der Waals surface area contributed by atoms with Crippen molar-refractivity contribution in [1.82, 2.24) is 29.9 Å². The molecule has 8 nitrogen and oxygen atoms in total. The largest absolute Gasteiger partial charge is 0.444 e. The van der Waals surface area contributed by atoms with Crippen LogP contribution < -0.4 is 0 Å². The summed E-state index contributed by atoms with van der Waals surface area (Å²) in [7, 11) is 0. The number of halogens is 1. The number of piperidine rings is 1. The van der Waals surface area contributed by atoms with Gasteiger partial charge in [0.2, 0.25) is 0 Å². The molecule has 0 N–H and O–H groups in total. The van der Waals surface area contributed by atoms with Crippen LogP contribution in [0.2, 0.25) is 0 Å². The van der Waals surface area contributed by atoms with Crippen LogP contribution in [0.15, 0.2) is 54.7 Å². The molecule has 4 aromatic rings. The van der Waals surface area contributed by atoms with Crippen molar-refractivity contribution < 1.29 is 13.9 Å². The standard InChI is InChI=1S/C31H35FN6O2/c1-20-16-21(2)18-22(17-20)19-27-33-13-10-26(34-27)29-28(23-6-8-24(32)9-7-23)35-36-38(29)25-11-14-37(15-12-25)30(39)40-31(3,4)5/h6-10,13,16-18,25H,11-12,14-15,19H2,1-5H3. The number of carbonyl (C=O) groups is 1. The van der Waals surface area contributed by atoms with Gasteiger partial charge in [0, 0.05) is 31.3 Å². The van der Waals surface area contributed by atoms with E-state index in [-0.39, 0.29) is 18.0 Å². The maximum Gasteiger partial charge on any atom is 0.410 e. The van der Waals surface area contributed by atoms with Crippen molar-refractivity contribution in [2.75, 3.05) is 13.1 Å². The van der Waals surface area contributed by atoms with E-state index in [2.05, 4.69) is 47.3 Å². The molecule has 0 saturated carbocycles. The van der Waals surface area contributed by atoms with Gasteiger partial charge in [-0.3, -0.25) is 0 Å². The summed E-state index contributed by atoms with van der Waals surface area (Å²) in [5.74, 6) is 0.380. The second-order valence-electron chi connectivity index (χ2n) is 11.5. The van der Waals surface area contributed by atoms with E-state index in [1.54, 1.807) is 23.2 Å². The fourth-order valence-corrected chi connectivity index (χ4v) is 5.18. The zero-order valence-corrected chi connectivity index (χ0v) is 23.7. The van der Waals surface area contributed by atoms with Crippen LogP contribution in [0.3, 0.4) is 0 Å². The van der Waals surface area contributed by atoms with Gasteiger partial charge < -0.3 is 9.64 Å². The Morgan fingerprint density at radius 3 is 2.35 bits per heavy atom. The number of amides is 1. The van der Waals surface area contributed by atoms with Crippen LogP contribution in [-0.4, -0.2) is 54.6 Å². The minimum Gasteiger partial charge on any atom is -0.444 e. The molecule has 0 atom stereocenters. The second kappa shape index (κ2) is 11.2. The average Bonchev–Trinajstić information content (AvgIpc) is 3.33. The highest BCUT2D eigenvalue weighted by atomic mass is 19.1. The minimum absolute atomic E-state index is 0.00761. The number of nitrogens with zero attached hydrogens (tertiary/aromatic N) is 6. The second-order valence-corrected chi connectivity index (χ2v) is 11.5. The molecule has 40 heavy (non-hydrogen) atoms. The number of hydrogen-bond donors (Lipinski definition) is 0. The summed E-state index contributed by atoms with van der Waals surface area (Å²) < 4.78 is 21.2. The van der Waals surface area contributed by atoms with Gasteiger partial charge in [-0.1, -0.05) is 34.5 Å². The highest BCUT2D eigenvalue weighted by Gasteiger charge is 2.30. The Balaban J connectivity index is 1.47. The van der Waals surface area contributed by atoms with Gasteiger partial charge >= 0.3 is 6.09 Å². The van der Waals surface area contributed by atoms with Crippen LogP contribution in [0.25, 0.3) is 22.6 Å². The molecular weight excluding hydrogens is 507 g/mol. The third-order valence-electron chi connectivity index (χ3n) is 6.87. The Kier molecular flexibility index (Phi) is 7.65. The molecular formula is C31H35FN6O2. The number of aryl methyl sites for hydroxylation is 2. The van der Waals surface area contributed by atoms with E-state index >= 15 is 0 Å². The summed E-state index contributed by atoms with van der Waals surface area (Å²) in [4.78, 5) is 23.8. The maximum absolute atomic E-state index is 13.7. The molecule has 0 spiro atoms. The van der Waals surface area contributed by atoms with E-state index in [1.807, 2.05) is 31.5 Å². The monoisotopic (exact) mass is 542 g/mol. The van der Waals surface area contributed by atoms with Crippen molar-refractivity contribution in [3.05, 3.63) is 83.1 Å². The van der Waals surface area contributed by atoms with Crippen LogP contribution in [0.5, 0.6) is 0 Å². The van der Waals surface area contributed by atoms with Gasteiger partial charge in [0.15, 0.2) is 0 Å². The summed E-state index contributed by atoms with van der Waals surface area (Å²) >= 11 is 0. The quantitative estimate of drug-likeness (QED) is 0.293. The third-order valence-corrected chi connectivity index (χ3v) is 6.87. The predicted molar refractivity (Wildman–Crippen MR) is 151 cm³/mol. The van der Waals surface area contributed by atoms with Gasteiger partial charge in [0.1, 0.15) is 28.6 Å². The molecule has 1 fully saturated rings. The van der Waals surface area contributed by atoms with Gasteiger partial charge in [0.05, 0.1) is 11.7 Å². The summed E-state index contributed by atoms with van der Waals surface area (Å²) in [6, 6.07) is 14.6. The topological polar surface area (TPSA) is 86.0 Å². The van der Waals surface area contributed by atoms with Crippen LogP contribution in [0, 0.1) is 19.7 Å². The van der Waals surface area contributed by atoms with Crippen LogP contribution in [0.4, 0.5) is 9.18 Å². The Labute approximate surface area is 234 Å². The lowest BCUT2D eigenvalue weighted by atomic mass is 10.0. The Morgan fingerprint density at radius 2 is 1.70 bits per heavy atom. The molecule has 2 aromatic heterocycles. The summed E-state index contributed by atoms with van der Waals surface area (Å²) in [6.07, 6.45) is 3.44. The zero-order chi connectivity index (χ0) is 28.4. The van der Waals surface area contributed by atoms with Gasteiger partial charge in [-0.05, 0) is 83.4 Å². The molecule has 0 bridgehead atoms. The number of likely N-dealkylation sites (tertiary alicyclic amines) is 1. The Hall–Kier alpha value is -4.14. The first-order valence-electron chi connectivity index (χ1n) is 13.6. The lowest BCUT2D eigenvalue weighted by Crippen LogP contribution is -2.42. The van der Waals surface area contributed by atoms with Crippen molar-refractivity contribution in [2.45, 2.75) is 65.5 Å². The molecule has 0 unspecified atom stereocenters. The SMILES string of the molecule is Cc1cc(C)cc(Cc2nccc(-c3c(-c4ccc(F)cc4)nnn3C3CCN(C(=O)OC(C)(C)C)CC3)n2)c1. The van der Waals surface area contributed by atoms with Crippen molar-refractivity contribution in [3.8, 4) is 22.6 Å². The van der Waals surface area contributed by atoms with Crippen molar-refractivity contribution >= 4 is 6.09 Å². The molecule has 5 rings (SSSR count). The summed E-state index contributed by atoms with van der Waals surface area (Å²) in [5.41, 5.74) is 5.84. The molecule has 1 aliphatic rings. The summed E-state index contributed by atoms with van der Waals surface area (Å²) in [5, 5.41) is 9.09. The number of ether oxygens (including phenoxy) is 1. The van der Waals surface area contributed by atoms with E-state index in [4.69, 9.17) is 9.72 Å². The van der Waals surface area contributed by atoms with Crippen LogP contribution >= 0.6 is 0 Å². The van der Waals surface area contributed by atoms with Gasteiger partial charge in [-0.25, -0.2) is 23.8 Å². The molecule has 1 aliphatic heterocycles. The number of aromatic nitrogens is 5. The molecule has 208 valence electrons. The minimum atomic E-state index is -0.543. The molecule has 0 aliphatic carbocycles. The lowest BCUT2D eigenvalue weighted by Gasteiger charge is -2.33. The molecule has 1 saturated heterocycles. The first kappa shape index (κ1) is 27.4. The molecule has 1 amide bonds. The van der Waals surface area contributed by atoms with Gasteiger partial charge in [-0.2, -0.15) is 0 Å². The predicted octanol–water partition coefficient (Wildman–Crippen LogP) is 6.32. The molecule has 2 aromatic carbocycles. The van der Waals surface area contributed by atoms with E-state index in [0.29, 0.717) is 49.6 Å². The van der Waals surface area contributed by atoms with Crippen molar-refractivity contribution in [1.29, 1.82) is 0 Å². The highest BCUT2D eigenvalue weighted by Crippen LogP contribution is 2.34. The Bertz CT molecular complexity index is 1480. The number of carbonyl (C=O) groups excluding carboxylic acids is 1. The molecule has 3 heterocycles. The zero-order valence-electron chi connectivity index (χ0n) is 23.7. The number of benzene rings is 2. The average molecular weight is 543 g/mol. The van der Waals surface area contributed by atoms with E-state index in [9.17, 15) is 9.18 Å². The maximum atomic E-state index is 13.7. The molecule has 9 heteroatoms. The van der Waals surface area contributed by atoms with Crippen molar-refractivity contribution in [2.24, 2.45) is 0 Å². The fraction of sp³-hybridized carbons (Fsp3) is 0.387. The fourth-order valence-electron chi connectivity index (χ4n) is 5.18. The normalized spacial score (nSPS) is 14.4. The Morgan fingerprint density at radius 1 is 1.02 bits per heavy atom. The first-order chi connectivity index (χ1) is 19.1. The smallest absolute Gasteiger partial charge is 0.410 e. The van der Waals surface area contributed by atoms with E-state index < -0.39 is 5.60 Å². The van der Waals surface area contributed by atoms with E-state index in [1.165, 1.54) is 23.3 Å². The van der Waals surface area contributed by atoms with Gasteiger partial charge in [-0.15, -0.1) is 5.10 Å². The van der Waals surface area contributed by atoms with Crippen LogP contribution in [0.1, 0.15) is 62.2 Å². The third kappa shape index (κ3) is 6.35. The van der Waals surface area contributed by atoms with Crippen LogP contribution in [-0.2, 0) is 11.2 Å². The first-order valence-corrected chi connectivity index (χ1v) is 13.6. The number of rotatable bonds is 5. The van der Waals surface area contributed by atoms with E-state index in [0.717, 1.165) is 16.8 Å². The van der Waals surface area contributed by atoms with Crippen molar-refractivity contribution in [3.63, 3.8) is 0 Å².